The molecule has 1 aromatic heterocycles. The van der Waals surface area contributed by atoms with Gasteiger partial charge in [0.1, 0.15) is 12.1 Å². The maximum Gasteiger partial charge on any atom is 0.170 e. The highest BCUT2D eigenvalue weighted by molar-refractivity contribution is 6.01. The maximum absolute atomic E-state index is 11.8. The fourth-order valence-corrected chi connectivity index (χ4v) is 1.16. The number of aromatic nitrogens is 2. The van der Waals surface area contributed by atoms with Crippen LogP contribution in [0.25, 0.3) is 0 Å². The lowest BCUT2D eigenvalue weighted by atomic mass is 10.0. The Labute approximate surface area is 84.0 Å². The van der Waals surface area contributed by atoms with Crippen molar-refractivity contribution in [3.8, 4) is 0 Å². The van der Waals surface area contributed by atoms with Crippen LogP contribution >= 0.6 is 0 Å². The third-order valence-corrected chi connectivity index (χ3v) is 1.90. The molecule has 0 fully saturated rings. The van der Waals surface area contributed by atoms with Crippen LogP contribution in [0.2, 0.25) is 0 Å². The average Bonchev–Trinajstić information content (AvgIpc) is 2.16. The summed E-state index contributed by atoms with van der Waals surface area (Å²) in [6.45, 7) is 3.74. The standard InChI is InChI=1S/C10H15N3O/c1-7(2)9(14)8-5-11-6-12-10(8)13(3)4/h5-7H,1-4H3. The van der Waals surface area contributed by atoms with Crippen molar-refractivity contribution in [1.29, 1.82) is 0 Å². The molecule has 0 aliphatic heterocycles. The lowest BCUT2D eigenvalue weighted by Gasteiger charge is -2.15. The van der Waals surface area contributed by atoms with Gasteiger partial charge in [-0.15, -0.1) is 0 Å². The summed E-state index contributed by atoms with van der Waals surface area (Å²) in [5.41, 5.74) is 0.590. The van der Waals surface area contributed by atoms with Crippen molar-refractivity contribution in [3.05, 3.63) is 18.1 Å². The van der Waals surface area contributed by atoms with Gasteiger partial charge in [-0.25, -0.2) is 9.97 Å². The van der Waals surface area contributed by atoms with Gasteiger partial charge in [0.25, 0.3) is 0 Å². The Balaban J connectivity index is 3.13. The van der Waals surface area contributed by atoms with Gasteiger partial charge in [0.2, 0.25) is 0 Å². The Morgan fingerprint density at radius 1 is 1.43 bits per heavy atom. The zero-order valence-electron chi connectivity index (χ0n) is 8.98. The Hall–Kier alpha value is -1.45. The second kappa shape index (κ2) is 4.17. The summed E-state index contributed by atoms with van der Waals surface area (Å²) in [7, 11) is 3.72. The molecule has 0 radical (unpaired) electrons. The van der Waals surface area contributed by atoms with Crippen molar-refractivity contribution in [1.82, 2.24) is 9.97 Å². The molecule has 1 aromatic rings. The summed E-state index contributed by atoms with van der Waals surface area (Å²) >= 11 is 0. The van der Waals surface area contributed by atoms with Crippen molar-refractivity contribution in [3.63, 3.8) is 0 Å². The van der Waals surface area contributed by atoms with Gasteiger partial charge >= 0.3 is 0 Å². The SMILES string of the molecule is CC(C)C(=O)c1cncnc1N(C)C. The fourth-order valence-electron chi connectivity index (χ4n) is 1.16. The lowest BCUT2D eigenvalue weighted by molar-refractivity contribution is 0.0939. The Morgan fingerprint density at radius 2 is 2.07 bits per heavy atom. The van der Waals surface area contributed by atoms with E-state index in [0.29, 0.717) is 11.4 Å². The first-order chi connectivity index (χ1) is 6.54. The van der Waals surface area contributed by atoms with Crippen LogP contribution in [-0.2, 0) is 0 Å². The van der Waals surface area contributed by atoms with Crippen LogP contribution in [0.1, 0.15) is 24.2 Å². The van der Waals surface area contributed by atoms with Gasteiger partial charge in [0.05, 0.1) is 5.56 Å². The molecule has 0 atom stereocenters. The molecule has 1 rings (SSSR count). The van der Waals surface area contributed by atoms with E-state index in [9.17, 15) is 4.79 Å². The maximum atomic E-state index is 11.8. The molecule has 14 heavy (non-hydrogen) atoms. The third kappa shape index (κ3) is 2.07. The minimum absolute atomic E-state index is 0.0281. The molecule has 0 aliphatic carbocycles. The van der Waals surface area contributed by atoms with E-state index >= 15 is 0 Å². The van der Waals surface area contributed by atoms with Crippen LogP contribution < -0.4 is 4.90 Å². The van der Waals surface area contributed by atoms with Gasteiger partial charge in [-0.05, 0) is 0 Å². The molecular weight excluding hydrogens is 178 g/mol. The van der Waals surface area contributed by atoms with Gasteiger partial charge in [-0.1, -0.05) is 13.8 Å². The first-order valence-corrected chi connectivity index (χ1v) is 4.55. The molecule has 0 spiro atoms. The molecule has 4 heteroatoms. The van der Waals surface area contributed by atoms with E-state index in [4.69, 9.17) is 0 Å². The summed E-state index contributed by atoms with van der Waals surface area (Å²) in [5, 5.41) is 0. The van der Waals surface area contributed by atoms with E-state index < -0.39 is 0 Å². The normalized spacial score (nSPS) is 10.4. The Bertz CT molecular complexity index is 334. The zero-order chi connectivity index (χ0) is 10.7. The van der Waals surface area contributed by atoms with Crippen molar-refractivity contribution < 1.29 is 4.79 Å². The molecule has 0 N–H and O–H groups in total. The zero-order valence-corrected chi connectivity index (χ0v) is 8.98. The van der Waals surface area contributed by atoms with E-state index in [1.807, 2.05) is 32.8 Å². The van der Waals surface area contributed by atoms with Crippen LogP contribution in [0, 0.1) is 5.92 Å². The molecule has 76 valence electrons. The van der Waals surface area contributed by atoms with Crippen molar-refractivity contribution >= 4 is 11.6 Å². The first-order valence-electron chi connectivity index (χ1n) is 4.55. The molecular formula is C10H15N3O. The highest BCUT2D eigenvalue weighted by Gasteiger charge is 2.16. The summed E-state index contributed by atoms with van der Waals surface area (Å²) in [5.74, 6) is 0.729. The topological polar surface area (TPSA) is 46.1 Å². The van der Waals surface area contributed by atoms with Crippen molar-refractivity contribution in [2.75, 3.05) is 19.0 Å². The van der Waals surface area contributed by atoms with Gasteiger partial charge in [-0.2, -0.15) is 0 Å². The molecule has 0 saturated carbocycles. The second-order valence-corrected chi connectivity index (χ2v) is 3.67. The second-order valence-electron chi connectivity index (χ2n) is 3.67. The summed E-state index contributed by atoms with van der Waals surface area (Å²) in [6.07, 6.45) is 3.02. The summed E-state index contributed by atoms with van der Waals surface area (Å²) < 4.78 is 0. The molecule has 0 amide bonds. The number of carbonyl (C=O) groups is 1. The number of rotatable bonds is 3. The fraction of sp³-hybridized carbons (Fsp3) is 0.500. The van der Waals surface area contributed by atoms with E-state index in [-0.39, 0.29) is 11.7 Å². The van der Waals surface area contributed by atoms with Crippen LogP contribution in [-0.4, -0.2) is 29.8 Å². The largest absolute Gasteiger partial charge is 0.362 e. The Morgan fingerprint density at radius 3 is 2.57 bits per heavy atom. The minimum Gasteiger partial charge on any atom is -0.362 e. The molecule has 4 nitrogen and oxygen atoms in total. The minimum atomic E-state index is -0.0281. The lowest BCUT2D eigenvalue weighted by Crippen LogP contribution is -2.18. The van der Waals surface area contributed by atoms with E-state index in [1.54, 1.807) is 6.20 Å². The van der Waals surface area contributed by atoms with Gasteiger partial charge in [0, 0.05) is 26.2 Å². The number of anilines is 1. The third-order valence-electron chi connectivity index (χ3n) is 1.90. The molecule has 0 saturated heterocycles. The van der Waals surface area contributed by atoms with Crippen LogP contribution in [0.5, 0.6) is 0 Å². The number of hydrogen-bond donors (Lipinski definition) is 0. The molecule has 0 aliphatic rings. The highest BCUT2D eigenvalue weighted by atomic mass is 16.1. The average molecular weight is 193 g/mol. The van der Waals surface area contributed by atoms with Gasteiger partial charge in [-0.3, -0.25) is 4.79 Å². The van der Waals surface area contributed by atoms with Gasteiger partial charge in [0.15, 0.2) is 5.78 Å². The van der Waals surface area contributed by atoms with Crippen LogP contribution in [0.4, 0.5) is 5.82 Å². The highest BCUT2D eigenvalue weighted by Crippen LogP contribution is 2.17. The van der Waals surface area contributed by atoms with Crippen LogP contribution in [0.15, 0.2) is 12.5 Å². The smallest absolute Gasteiger partial charge is 0.170 e. The Kier molecular flexibility index (Phi) is 3.17. The van der Waals surface area contributed by atoms with Crippen molar-refractivity contribution in [2.45, 2.75) is 13.8 Å². The number of carbonyl (C=O) groups excluding carboxylic acids is 1. The number of ketones is 1. The molecule has 0 unspecified atom stereocenters. The van der Waals surface area contributed by atoms with E-state index in [1.165, 1.54) is 6.33 Å². The number of hydrogen-bond acceptors (Lipinski definition) is 4. The predicted molar refractivity (Wildman–Crippen MR) is 55.5 cm³/mol. The summed E-state index contributed by atoms with van der Waals surface area (Å²) in [6, 6.07) is 0. The van der Waals surface area contributed by atoms with E-state index in [2.05, 4.69) is 9.97 Å². The number of Topliss-reactive ketones (excluding diaryl/α,β-unsaturated/α-hetero) is 1. The summed E-state index contributed by atoms with van der Waals surface area (Å²) in [4.78, 5) is 21.5. The van der Waals surface area contributed by atoms with E-state index in [0.717, 1.165) is 0 Å². The molecule has 1 heterocycles. The van der Waals surface area contributed by atoms with Crippen LogP contribution in [0.3, 0.4) is 0 Å². The quantitative estimate of drug-likeness (QED) is 0.680. The monoisotopic (exact) mass is 193 g/mol. The van der Waals surface area contributed by atoms with Gasteiger partial charge < -0.3 is 4.90 Å². The van der Waals surface area contributed by atoms with Crippen molar-refractivity contribution in [2.24, 2.45) is 5.92 Å². The predicted octanol–water partition coefficient (Wildman–Crippen LogP) is 1.38. The number of nitrogens with zero attached hydrogens (tertiary/aromatic N) is 3. The molecule has 0 aromatic carbocycles. The first kappa shape index (κ1) is 10.6. The molecule has 0 bridgehead atoms.